The number of methoxy groups -OCH3 is 2. The number of rotatable bonds is 8. The Bertz CT molecular complexity index is 755. The van der Waals surface area contributed by atoms with Crippen molar-refractivity contribution in [2.75, 3.05) is 47.4 Å². The monoisotopic (exact) mass is 390 g/mol. The lowest BCUT2D eigenvalue weighted by molar-refractivity contribution is -1.02. The third-order valence-corrected chi connectivity index (χ3v) is 5.63. The van der Waals surface area contributed by atoms with Gasteiger partial charge in [0.25, 0.3) is 0 Å². The summed E-state index contributed by atoms with van der Waals surface area (Å²) in [6, 6.07) is 6.24. The zero-order valence-electron chi connectivity index (χ0n) is 17.7. The van der Waals surface area contributed by atoms with E-state index >= 15 is 0 Å². The molecule has 2 N–H and O–H groups in total. The molecule has 8 heteroatoms. The molecule has 0 amide bonds. The third kappa shape index (κ3) is 4.62. The van der Waals surface area contributed by atoms with Crippen LogP contribution >= 0.6 is 0 Å². The van der Waals surface area contributed by atoms with Gasteiger partial charge >= 0.3 is 0 Å². The number of nitrogens with one attached hydrogen (secondary N) is 2. The quantitative estimate of drug-likeness (QED) is 0.620. The number of nitrogens with zero attached hydrogens (tertiary/aromatic N) is 4. The van der Waals surface area contributed by atoms with Gasteiger partial charge in [0.05, 0.1) is 21.3 Å². The molecular formula is C20H34N6O2+2. The summed E-state index contributed by atoms with van der Waals surface area (Å²) in [6.45, 7) is 9.75. The zero-order valence-corrected chi connectivity index (χ0v) is 17.7. The standard InChI is InChI=1S/C20H32N6O2/c1-15(2)8-9-26-20(21-22-23-26)19(25-12-10-24(3)11-13-25)16-6-7-17(27-4)18(14-16)28-5/h6-7,14-15,19H,8-13H2,1-5H3/p+2/t19-/m1/s1. The molecule has 8 nitrogen and oxygen atoms in total. The Labute approximate surface area is 167 Å². The van der Waals surface area contributed by atoms with E-state index in [1.165, 1.54) is 4.90 Å². The molecular weight excluding hydrogens is 356 g/mol. The van der Waals surface area contributed by atoms with Crippen molar-refractivity contribution in [2.45, 2.75) is 32.9 Å². The first kappa shape index (κ1) is 20.5. The highest BCUT2D eigenvalue weighted by Crippen LogP contribution is 2.30. The average molecular weight is 391 g/mol. The molecule has 0 aliphatic carbocycles. The Morgan fingerprint density at radius 1 is 1.07 bits per heavy atom. The van der Waals surface area contributed by atoms with Gasteiger partial charge in [-0.05, 0) is 41.0 Å². The van der Waals surface area contributed by atoms with Crippen LogP contribution in [0.5, 0.6) is 11.5 Å². The van der Waals surface area contributed by atoms with Gasteiger partial charge in [-0.3, -0.25) is 0 Å². The second kappa shape index (κ2) is 9.34. The number of hydrogen-bond donors (Lipinski definition) is 2. The van der Waals surface area contributed by atoms with Crippen LogP contribution in [0.3, 0.4) is 0 Å². The highest BCUT2D eigenvalue weighted by atomic mass is 16.5. The lowest BCUT2D eigenvalue weighted by Crippen LogP contribution is -3.27. The number of hydrogen-bond acceptors (Lipinski definition) is 5. The zero-order chi connectivity index (χ0) is 20.1. The maximum atomic E-state index is 5.56. The van der Waals surface area contributed by atoms with Crippen molar-refractivity contribution in [3.63, 3.8) is 0 Å². The van der Waals surface area contributed by atoms with Crippen LogP contribution in [0.25, 0.3) is 0 Å². The van der Waals surface area contributed by atoms with E-state index in [1.807, 2.05) is 10.7 Å². The van der Waals surface area contributed by atoms with Gasteiger partial charge in [-0.1, -0.05) is 13.8 Å². The van der Waals surface area contributed by atoms with E-state index in [-0.39, 0.29) is 6.04 Å². The van der Waals surface area contributed by atoms with Crippen LogP contribution in [-0.4, -0.2) is 67.7 Å². The van der Waals surface area contributed by atoms with E-state index in [0.717, 1.165) is 62.0 Å². The summed E-state index contributed by atoms with van der Waals surface area (Å²) in [4.78, 5) is 3.08. The number of piperazine rings is 1. The predicted octanol–water partition coefficient (Wildman–Crippen LogP) is -0.761. The highest BCUT2D eigenvalue weighted by molar-refractivity contribution is 5.44. The maximum absolute atomic E-state index is 5.56. The smallest absolute Gasteiger partial charge is 0.214 e. The molecule has 0 spiro atoms. The first-order valence-corrected chi connectivity index (χ1v) is 10.2. The Balaban J connectivity index is 1.98. The summed E-state index contributed by atoms with van der Waals surface area (Å²) in [5.74, 6) is 3.02. The molecule has 154 valence electrons. The van der Waals surface area contributed by atoms with Crippen molar-refractivity contribution in [1.29, 1.82) is 0 Å². The third-order valence-electron chi connectivity index (χ3n) is 5.63. The molecule has 0 saturated carbocycles. The van der Waals surface area contributed by atoms with Crippen LogP contribution in [0.15, 0.2) is 18.2 Å². The van der Waals surface area contributed by atoms with Gasteiger partial charge in [-0.25, -0.2) is 4.68 Å². The Hall–Kier alpha value is -2.19. The largest absolute Gasteiger partial charge is 0.493 e. The molecule has 1 aromatic carbocycles. The number of benzene rings is 1. The fourth-order valence-corrected chi connectivity index (χ4v) is 3.84. The molecule has 2 aromatic rings. The van der Waals surface area contributed by atoms with E-state index < -0.39 is 0 Å². The summed E-state index contributed by atoms with van der Waals surface area (Å²) in [7, 11) is 5.60. The predicted molar refractivity (Wildman–Crippen MR) is 106 cm³/mol. The van der Waals surface area contributed by atoms with Gasteiger partial charge in [0.1, 0.15) is 26.2 Å². The first-order chi connectivity index (χ1) is 13.5. The van der Waals surface area contributed by atoms with Crippen molar-refractivity contribution in [1.82, 2.24) is 20.2 Å². The molecule has 3 rings (SSSR count). The van der Waals surface area contributed by atoms with E-state index in [4.69, 9.17) is 9.47 Å². The first-order valence-electron chi connectivity index (χ1n) is 10.2. The van der Waals surface area contributed by atoms with Crippen LogP contribution in [0.1, 0.15) is 37.7 Å². The minimum atomic E-state index is 0.0788. The molecule has 0 unspecified atom stereocenters. The summed E-state index contributed by atoms with van der Waals surface area (Å²) in [5, 5.41) is 12.8. The van der Waals surface area contributed by atoms with Gasteiger partial charge in [0, 0.05) is 12.1 Å². The summed E-state index contributed by atoms with van der Waals surface area (Å²) in [5.41, 5.74) is 1.16. The molecule has 28 heavy (non-hydrogen) atoms. The van der Waals surface area contributed by atoms with Crippen molar-refractivity contribution >= 4 is 0 Å². The van der Waals surface area contributed by atoms with Gasteiger partial charge < -0.3 is 19.3 Å². The van der Waals surface area contributed by atoms with Gasteiger partial charge in [0.15, 0.2) is 17.5 Å². The molecule has 1 aliphatic heterocycles. The summed E-state index contributed by atoms with van der Waals surface area (Å²) < 4.78 is 13.0. The molecule has 0 bridgehead atoms. The molecule has 1 atom stereocenters. The number of ether oxygens (including phenoxy) is 2. The Kier molecular flexibility index (Phi) is 6.85. The molecule has 0 radical (unpaired) electrons. The van der Waals surface area contributed by atoms with Gasteiger partial charge in [0.2, 0.25) is 5.82 Å². The van der Waals surface area contributed by atoms with Crippen molar-refractivity contribution in [2.24, 2.45) is 5.92 Å². The molecule has 1 saturated heterocycles. The van der Waals surface area contributed by atoms with Crippen LogP contribution < -0.4 is 19.3 Å². The van der Waals surface area contributed by atoms with E-state index in [2.05, 4.69) is 48.6 Å². The fourth-order valence-electron chi connectivity index (χ4n) is 3.84. The average Bonchev–Trinajstić information content (AvgIpc) is 3.16. The Morgan fingerprint density at radius 2 is 1.79 bits per heavy atom. The van der Waals surface area contributed by atoms with Crippen molar-refractivity contribution < 1.29 is 19.3 Å². The lowest BCUT2D eigenvalue weighted by atomic mass is 10.0. The summed E-state index contributed by atoms with van der Waals surface area (Å²) in [6.07, 6.45) is 1.05. The molecule has 1 fully saturated rings. The second-order valence-corrected chi connectivity index (χ2v) is 8.11. The van der Waals surface area contributed by atoms with Crippen molar-refractivity contribution in [3.8, 4) is 11.5 Å². The van der Waals surface area contributed by atoms with Gasteiger partial charge in [-0.15, -0.1) is 5.10 Å². The number of quaternary nitrogens is 2. The van der Waals surface area contributed by atoms with Crippen LogP contribution in [0.2, 0.25) is 0 Å². The Morgan fingerprint density at radius 3 is 2.43 bits per heavy atom. The fraction of sp³-hybridized carbons (Fsp3) is 0.650. The SMILES string of the molecule is COc1ccc([C@H](c2nnnn2CCC(C)C)[NH+]2CC[NH+](C)CC2)cc1OC. The number of likely N-dealkylation sites (N-methyl/N-ethyl adjacent to an activating group) is 1. The number of tetrazole rings is 1. The highest BCUT2D eigenvalue weighted by Gasteiger charge is 2.35. The van der Waals surface area contributed by atoms with Crippen LogP contribution in [-0.2, 0) is 6.54 Å². The lowest BCUT2D eigenvalue weighted by Gasteiger charge is -2.33. The normalized spacial score (nSPS) is 20.9. The van der Waals surface area contributed by atoms with E-state index in [9.17, 15) is 0 Å². The minimum absolute atomic E-state index is 0.0788. The molecule has 2 heterocycles. The second-order valence-electron chi connectivity index (χ2n) is 8.11. The topological polar surface area (TPSA) is 70.9 Å². The summed E-state index contributed by atoms with van der Waals surface area (Å²) >= 11 is 0. The van der Waals surface area contributed by atoms with Crippen molar-refractivity contribution in [3.05, 3.63) is 29.6 Å². The van der Waals surface area contributed by atoms with Crippen LogP contribution in [0.4, 0.5) is 0 Å². The molecule has 1 aromatic heterocycles. The van der Waals surface area contributed by atoms with E-state index in [1.54, 1.807) is 19.1 Å². The number of aromatic nitrogens is 4. The molecule has 1 aliphatic rings. The van der Waals surface area contributed by atoms with Crippen LogP contribution in [0, 0.1) is 5.92 Å². The van der Waals surface area contributed by atoms with E-state index in [0.29, 0.717) is 5.92 Å². The minimum Gasteiger partial charge on any atom is -0.493 e. The maximum Gasteiger partial charge on any atom is 0.214 e. The number of aryl methyl sites for hydroxylation is 1. The van der Waals surface area contributed by atoms with Gasteiger partial charge in [-0.2, -0.15) is 0 Å².